The number of nitrogen functional groups attached to an aromatic ring is 1. The third kappa shape index (κ3) is 3.85. The van der Waals surface area contributed by atoms with Gasteiger partial charge in [-0.15, -0.1) is 0 Å². The van der Waals surface area contributed by atoms with E-state index in [1.165, 1.54) is 10.4 Å². The second-order valence-electron chi connectivity index (χ2n) is 4.62. The first kappa shape index (κ1) is 17.2. The molecule has 0 atom stereocenters. The molecule has 1 aromatic rings. The Kier molecular flexibility index (Phi) is 6.26. The number of benzene rings is 1. The number of aryl methyl sites for hydroxylation is 1. The van der Waals surface area contributed by atoms with E-state index in [1.807, 2.05) is 6.92 Å². The van der Waals surface area contributed by atoms with Crippen LogP contribution in [0.5, 0.6) is 0 Å². The van der Waals surface area contributed by atoms with Crippen molar-refractivity contribution >= 4 is 27.3 Å². The highest BCUT2D eigenvalue weighted by atomic mass is 35.5. The Morgan fingerprint density at radius 3 is 2.55 bits per heavy atom. The molecule has 1 aromatic carbocycles. The van der Waals surface area contributed by atoms with Gasteiger partial charge in [0.1, 0.15) is 4.90 Å². The summed E-state index contributed by atoms with van der Waals surface area (Å²) >= 11 is 6.04. The Bertz CT molecular complexity index is 561. The third-order valence-electron chi connectivity index (χ3n) is 3.05. The first-order valence-electron chi connectivity index (χ1n) is 6.51. The predicted octanol–water partition coefficient (Wildman–Crippen LogP) is 2.01. The second-order valence-corrected chi connectivity index (χ2v) is 6.93. The van der Waals surface area contributed by atoms with Crippen LogP contribution in [0.4, 0.5) is 5.69 Å². The maximum Gasteiger partial charge on any atom is 0.244 e. The Morgan fingerprint density at radius 1 is 1.35 bits per heavy atom. The molecule has 0 fully saturated rings. The van der Waals surface area contributed by atoms with E-state index in [2.05, 4.69) is 0 Å². The minimum Gasteiger partial charge on any atom is -0.398 e. The molecule has 0 bridgehead atoms. The average molecular weight is 321 g/mol. The number of aliphatic hydroxyl groups is 1. The van der Waals surface area contributed by atoms with E-state index in [9.17, 15) is 8.42 Å². The van der Waals surface area contributed by atoms with Gasteiger partial charge in [0.25, 0.3) is 0 Å². The van der Waals surface area contributed by atoms with E-state index in [-0.39, 0.29) is 23.1 Å². The van der Waals surface area contributed by atoms with Gasteiger partial charge in [-0.3, -0.25) is 0 Å². The van der Waals surface area contributed by atoms with Crippen molar-refractivity contribution < 1.29 is 13.5 Å². The van der Waals surface area contributed by atoms with E-state index in [4.69, 9.17) is 22.4 Å². The molecule has 3 N–H and O–H groups in total. The smallest absolute Gasteiger partial charge is 0.244 e. The van der Waals surface area contributed by atoms with Crippen LogP contribution in [0.15, 0.2) is 17.0 Å². The van der Waals surface area contributed by atoms with Crippen molar-refractivity contribution in [1.82, 2.24) is 4.31 Å². The van der Waals surface area contributed by atoms with Gasteiger partial charge < -0.3 is 10.8 Å². The summed E-state index contributed by atoms with van der Waals surface area (Å²) in [5, 5.41) is 9.20. The molecule has 0 aliphatic carbocycles. The molecule has 7 heteroatoms. The minimum absolute atomic E-state index is 0.00757. The van der Waals surface area contributed by atoms with E-state index in [1.54, 1.807) is 13.0 Å². The van der Waals surface area contributed by atoms with Gasteiger partial charge in [-0.25, -0.2) is 8.42 Å². The summed E-state index contributed by atoms with van der Waals surface area (Å²) in [5.74, 6) is 0. The Labute approximate surface area is 125 Å². The lowest BCUT2D eigenvalue weighted by Crippen LogP contribution is -2.34. The number of hydrogen-bond donors (Lipinski definition) is 2. The van der Waals surface area contributed by atoms with Gasteiger partial charge in [-0.2, -0.15) is 4.31 Å². The maximum absolute atomic E-state index is 12.6. The summed E-state index contributed by atoms with van der Waals surface area (Å²) in [6, 6.07) is 2.92. The summed E-state index contributed by atoms with van der Waals surface area (Å²) in [4.78, 5) is -0.00757. The van der Waals surface area contributed by atoms with Gasteiger partial charge in [0.2, 0.25) is 10.0 Å². The first-order chi connectivity index (χ1) is 9.34. The number of nitrogens with two attached hydrogens (primary N) is 1. The quantitative estimate of drug-likeness (QED) is 0.753. The lowest BCUT2D eigenvalue weighted by Gasteiger charge is -2.22. The van der Waals surface area contributed by atoms with Crippen LogP contribution < -0.4 is 5.73 Å². The zero-order chi connectivity index (χ0) is 15.3. The number of nitrogens with zero attached hydrogens (tertiary/aromatic N) is 1. The molecule has 1 rings (SSSR count). The number of rotatable bonds is 7. The summed E-state index contributed by atoms with van der Waals surface area (Å²) in [6.45, 7) is 3.90. The van der Waals surface area contributed by atoms with Gasteiger partial charge in [0.15, 0.2) is 0 Å². The molecule has 0 spiro atoms. The molecular formula is C13H21ClN2O3S. The van der Waals surface area contributed by atoms with Crippen LogP contribution in [0.2, 0.25) is 5.02 Å². The largest absolute Gasteiger partial charge is 0.398 e. The molecule has 0 aliphatic rings. The SMILES string of the molecule is CCCCN(CCO)S(=O)(=O)c1cc(N)c(C)cc1Cl. The van der Waals surface area contributed by atoms with Gasteiger partial charge >= 0.3 is 0 Å². The highest BCUT2D eigenvalue weighted by Gasteiger charge is 2.26. The fourth-order valence-electron chi connectivity index (χ4n) is 1.80. The number of sulfonamides is 1. The Balaban J connectivity index is 3.22. The molecule has 20 heavy (non-hydrogen) atoms. The summed E-state index contributed by atoms with van der Waals surface area (Å²) in [6.07, 6.45) is 1.58. The second kappa shape index (κ2) is 7.26. The molecule has 0 aromatic heterocycles. The lowest BCUT2D eigenvalue weighted by atomic mass is 10.2. The van der Waals surface area contributed by atoms with Gasteiger partial charge in [0, 0.05) is 18.8 Å². The van der Waals surface area contributed by atoms with Gasteiger partial charge in [-0.1, -0.05) is 24.9 Å². The van der Waals surface area contributed by atoms with Crippen LogP contribution in [0.3, 0.4) is 0 Å². The molecule has 0 unspecified atom stereocenters. The van der Waals surface area contributed by atoms with Crippen molar-refractivity contribution in [3.05, 3.63) is 22.7 Å². The van der Waals surface area contributed by atoms with Crippen molar-refractivity contribution in [2.24, 2.45) is 0 Å². The van der Waals surface area contributed by atoms with Crippen molar-refractivity contribution in [2.75, 3.05) is 25.4 Å². The van der Waals surface area contributed by atoms with Crippen LogP contribution in [0.25, 0.3) is 0 Å². The highest BCUT2D eigenvalue weighted by Crippen LogP contribution is 2.29. The number of anilines is 1. The minimum atomic E-state index is -3.74. The van der Waals surface area contributed by atoms with E-state index in [0.717, 1.165) is 18.4 Å². The molecule has 0 radical (unpaired) electrons. The predicted molar refractivity (Wildman–Crippen MR) is 81.4 cm³/mol. The molecule has 0 heterocycles. The average Bonchev–Trinajstić information content (AvgIpc) is 2.38. The normalized spacial score (nSPS) is 12.1. The van der Waals surface area contributed by atoms with Crippen LogP contribution in [0.1, 0.15) is 25.3 Å². The summed E-state index contributed by atoms with van der Waals surface area (Å²) in [5.41, 5.74) is 6.88. The van der Waals surface area contributed by atoms with Crippen molar-refractivity contribution in [3.8, 4) is 0 Å². The van der Waals surface area contributed by atoms with E-state index in [0.29, 0.717) is 12.2 Å². The van der Waals surface area contributed by atoms with E-state index >= 15 is 0 Å². The standard InChI is InChI=1S/C13H21ClN2O3S/c1-3-4-5-16(6-7-17)20(18,19)13-9-12(15)10(2)8-11(13)14/h8-9,17H,3-7,15H2,1-2H3. The van der Waals surface area contributed by atoms with Crippen molar-refractivity contribution in [3.63, 3.8) is 0 Å². The monoisotopic (exact) mass is 320 g/mol. The van der Waals surface area contributed by atoms with Gasteiger partial charge in [0.05, 0.1) is 11.6 Å². The fourth-order valence-corrected chi connectivity index (χ4v) is 3.87. The topological polar surface area (TPSA) is 83.6 Å². The number of halogens is 1. The highest BCUT2D eigenvalue weighted by molar-refractivity contribution is 7.89. The number of hydrogen-bond acceptors (Lipinski definition) is 4. The molecule has 0 saturated carbocycles. The molecular weight excluding hydrogens is 300 g/mol. The van der Waals surface area contributed by atoms with Crippen molar-refractivity contribution in [2.45, 2.75) is 31.6 Å². The van der Waals surface area contributed by atoms with Crippen molar-refractivity contribution in [1.29, 1.82) is 0 Å². The number of unbranched alkanes of at least 4 members (excludes halogenated alkanes) is 1. The Morgan fingerprint density at radius 2 is 2.00 bits per heavy atom. The number of aliphatic hydroxyl groups excluding tert-OH is 1. The summed E-state index contributed by atoms with van der Waals surface area (Å²) in [7, 11) is -3.74. The maximum atomic E-state index is 12.6. The summed E-state index contributed by atoms with van der Waals surface area (Å²) < 4.78 is 26.4. The van der Waals surface area contributed by atoms with Gasteiger partial charge in [-0.05, 0) is 31.0 Å². The molecule has 0 amide bonds. The lowest BCUT2D eigenvalue weighted by molar-refractivity contribution is 0.252. The third-order valence-corrected chi connectivity index (χ3v) is 5.41. The zero-order valence-corrected chi connectivity index (χ0v) is 13.3. The van der Waals surface area contributed by atoms with Crippen LogP contribution >= 0.6 is 11.6 Å². The molecule has 0 aliphatic heterocycles. The first-order valence-corrected chi connectivity index (χ1v) is 8.33. The Hall–Kier alpha value is -0.820. The molecule has 0 saturated heterocycles. The zero-order valence-electron chi connectivity index (χ0n) is 11.8. The molecule has 5 nitrogen and oxygen atoms in total. The fraction of sp³-hybridized carbons (Fsp3) is 0.538. The molecule has 114 valence electrons. The van der Waals surface area contributed by atoms with Crippen LogP contribution in [-0.2, 0) is 10.0 Å². The van der Waals surface area contributed by atoms with Crippen LogP contribution in [0, 0.1) is 6.92 Å². The van der Waals surface area contributed by atoms with E-state index < -0.39 is 10.0 Å². The van der Waals surface area contributed by atoms with Crippen LogP contribution in [-0.4, -0.2) is 37.5 Å².